The molecule has 0 unspecified atom stereocenters. The summed E-state index contributed by atoms with van der Waals surface area (Å²) in [6.07, 6.45) is 0. The number of nitrogens with zero attached hydrogens (tertiary/aromatic N) is 1. The fourth-order valence-electron chi connectivity index (χ4n) is 2.40. The summed E-state index contributed by atoms with van der Waals surface area (Å²) in [6.45, 7) is 5.32. The van der Waals surface area contributed by atoms with Crippen molar-refractivity contribution < 1.29 is 9.59 Å². The maximum atomic E-state index is 12.3. The molecular weight excluding hydrogens is 312 g/mol. The zero-order valence-electron chi connectivity index (χ0n) is 13.4. The Kier molecular flexibility index (Phi) is 5.40. The van der Waals surface area contributed by atoms with Gasteiger partial charge >= 0.3 is 0 Å². The van der Waals surface area contributed by atoms with Crippen LogP contribution < -0.4 is 10.2 Å². The average molecular weight is 331 g/mol. The number of carbonyl (C=O) groups excluding carboxylic acids is 2. The van der Waals surface area contributed by atoms with Gasteiger partial charge in [0.05, 0.1) is 0 Å². The highest BCUT2D eigenvalue weighted by Crippen LogP contribution is 2.19. The first-order valence-electron chi connectivity index (χ1n) is 7.27. The second-order valence-corrected chi connectivity index (χ2v) is 5.94. The molecule has 4 nitrogen and oxygen atoms in total. The van der Waals surface area contributed by atoms with E-state index < -0.39 is 0 Å². The minimum absolute atomic E-state index is 0.0516. The Morgan fingerprint density at radius 3 is 2.13 bits per heavy atom. The van der Waals surface area contributed by atoms with Gasteiger partial charge in [-0.15, -0.1) is 0 Å². The summed E-state index contributed by atoms with van der Waals surface area (Å²) >= 11 is 5.86. The van der Waals surface area contributed by atoms with Crippen molar-refractivity contribution >= 4 is 34.8 Å². The summed E-state index contributed by atoms with van der Waals surface area (Å²) in [5.74, 6) is -0.456. The normalized spacial score (nSPS) is 10.3. The lowest BCUT2D eigenvalue weighted by Crippen LogP contribution is -2.36. The van der Waals surface area contributed by atoms with Crippen molar-refractivity contribution in [3.63, 3.8) is 0 Å². The molecule has 2 aromatic rings. The second kappa shape index (κ2) is 7.29. The van der Waals surface area contributed by atoms with Crippen molar-refractivity contribution in [3.05, 3.63) is 58.6 Å². The molecule has 5 heteroatoms. The minimum atomic E-state index is -0.250. The van der Waals surface area contributed by atoms with E-state index >= 15 is 0 Å². The SMILES string of the molecule is CC(=O)N(CC(=O)Nc1cc(C)cc(C)c1)c1ccc(Cl)cc1. The quantitative estimate of drug-likeness (QED) is 0.922. The Morgan fingerprint density at radius 1 is 1.04 bits per heavy atom. The number of rotatable bonds is 4. The Balaban J connectivity index is 2.12. The Hall–Kier alpha value is -2.33. The summed E-state index contributed by atoms with van der Waals surface area (Å²) in [7, 11) is 0. The topological polar surface area (TPSA) is 49.4 Å². The third kappa shape index (κ3) is 4.83. The Labute approximate surface area is 141 Å². The number of aryl methyl sites for hydroxylation is 2. The van der Waals surface area contributed by atoms with E-state index in [-0.39, 0.29) is 18.4 Å². The first-order chi connectivity index (χ1) is 10.8. The van der Waals surface area contributed by atoms with Gasteiger partial charge in [0.15, 0.2) is 0 Å². The number of hydrogen-bond donors (Lipinski definition) is 1. The molecule has 0 radical (unpaired) electrons. The van der Waals surface area contributed by atoms with Crippen molar-refractivity contribution in [2.24, 2.45) is 0 Å². The van der Waals surface area contributed by atoms with E-state index in [1.807, 2.05) is 32.0 Å². The molecule has 0 aliphatic carbocycles. The van der Waals surface area contributed by atoms with Crippen LogP contribution in [0.2, 0.25) is 5.02 Å². The number of carbonyl (C=O) groups is 2. The fraction of sp³-hybridized carbons (Fsp3) is 0.222. The number of anilines is 2. The maximum Gasteiger partial charge on any atom is 0.244 e. The molecule has 0 heterocycles. The van der Waals surface area contributed by atoms with E-state index in [9.17, 15) is 9.59 Å². The lowest BCUT2D eigenvalue weighted by Gasteiger charge is -2.21. The first-order valence-corrected chi connectivity index (χ1v) is 7.65. The van der Waals surface area contributed by atoms with Crippen LogP contribution in [0.1, 0.15) is 18.1 Å². The molecule has 0 saturated carbocycles. The van der Waals surface area contributed by atoms with Gasteiger partial charge < -0.3 is 10.2 Å². The van der Waals surface area contributed by atoms with E-state index in [0.717, 1.165) is 16.8 Å². The third-order valence-corrected chi connectivity index (χ3v) is 3.58. The van der Waals surface area contributed by atoms with E-state index in [1.54, 1.807) is 24.3 Å². The van der Waals surface area contributed by atoms with Gasteiger partial charge in [-0.25, -0.2) is 0 Å². The highest BCUT2D eigenvalue weighted by molar-refractivity contribution is 6.30. The molecule has 0 aromatic heterocycles. The van der Waals surface area contributed by atoms with Crippen molar-refractivity contribution in [1.29, 1.82) is 0 Å². The van der Waals surface area contributed by atoms with E-state index in [1.165, 1.54) is 11.8 Å². The number of amides is 2. The predicted octanol–water partition coefficient (Wildman–Crippen LogP) is 3.95. The molecule has 2 amide bonds. The van der Waals surface area contributed by atoms with Crippen LogP contribution in [0.5, 0.6) is 0 Å². The molecule has 2 rings (SSSR count). The minimum Gasteiger partial charge on any atom is -0.325 e. The molecular formula is C18H19ClN2O2. The van der Waals surface area contributed by atoms with Crippen LogP contribution in [-0.4, -0.2) is 18.4 Å². The van der Waals surface area contributed by atoms with Crippen molar-refractivity contribution in [2.75, 3.05) is 16.8 Å². The van der Waals surface area contributed by atoms with Crippen LogP contribution in [-0.2, 0) is 9.59 Å². The standard InChI is InChI=1S/C18H19ClN2O2/c1-12-8-13(2)10-16(9-12)20-18(23)11-21(14(3)22)17-6-4-15(19)5-7-17/h4-10H,11H2,1-3H3,(H,20,23). The number of nitrogens with one attached hydrogen (secondary N) is 1. The highest BCUT2D eigenvalue weighted by Gasteiger charge is 2.16. The molecule has 0 aliphatic rings. The van der Waals surface area contributed by atoms with Gasteiger partial charge in [0.2, 0.25) is 11.8 Å². The first kappa shape index (κ1) is 17.0. The van der Waals surface area contributed by atoms with Crippen molar-refractivity contribution in [3.8, 4) is 0 Å². The zero-order chi connectivity index (χ0) is 17.0. The zero-order valence-corrected chi connectivity index (χ0v) is 14.1. The molecule has 120 valence electrons. The number of halogens is 1. The Bertz CT molecular complexity index is 706. The molecule has 0 aliphatic heterocycles. The largest absolute Gasteiger partial charge is 0.325 e. The fourth-order valence-corrected chi connectivity index (χ4v) is 2.52. The van der Waals surface area contributed by atoms with Gasteiger partial charge in [0.1, 0.15) is 6.54 Å². The van der Waals surface area contributed by atoms with E-state index in [4.69, 9.17) is 11.6 Å². The summed E-state index contributed by atoms with van der Waals surface area (Å²) in [4.78, 5) is 25.5. The summed E-state index contributed by atoms with van der Waals surface area (Å²) in [5, 5.41) is 3.41. The summed E-state index contributed by atoms with van der Waals surface area (Å²) < 4.78 is 0. The molecule has 2 aromatic carbocycles. The average Bonchev–Trinajstić information content (AvgIpc) is 2.44. The smallest absolute Gasteiger partial charge is 0.244 e. The molecule has 0 saturated heterocycles. The summed E-state index contributed by atoms with van der Waals surface area (Å²) in [5.41, 5.74) is 3.51. The molecule has 23 heavy (non-hydrogen) atoms. The van der Waals surface area contributed by atoms with Gasteiger partial charge in [-0.2, -0.15) is 0 Å². The van der Waals surface area contributed by atoms with Gasteiger partial charge in [-0.05, 0) is 61.4 Å². The molecule has 0 fully saturated rings. The second-order valence-electron chi connectivity index (χ2n) is 5.51. The maximum absolute atomic E-state index is 12.3. The van der Waals surface area contributed by atoms with Crippen LogP contribution in [0, 0.1) is 13.8 Å². The third-order valence-electron chi connectivity index (χ3n) is 3.33. The monoisotopic (exact) mass is 330 g/mol. The Morgan fingerprint density at radius 2 is 1.61 bits per heavy atom. The lowest BCUT2D eigenvalue weighted by molar-refractivity contribution is -0.120. The van der Waals surface area contributed by atoms with Gasteiger partial charge in [-0.1, -0.05) is 17.7 Å². The van der Waals surface area contributed by atoms with Crippen molar-refractivity contribution in [1.82, 2.24) is 0 Å². The highest BCUT2D eigenvalue weighted by atomic mass is 35.5. The molecule has 1 N–H and O–H groups in total. The van der Waals surface area contributed by atoms with Gasteiger partial charge in [0, 0.05) is 23.3 Å². The van der Waals surface area contributed by atoms with Gasteiger partial charge in [0.25, 0.3) is 0 Å². The number of hydrogen-bond acceptors (Lipinski definition) is 2. The van der Waals surface area contributed by atoms with Crippen LogP contribution in [0.4, 0.5) is 11.4 Å². The van der Waals surface area contributed by atoms with Crippen LogP contribution in [0.15, 0.2) is 42.5 Å². The van der Waals surface area contributed by atoms with Crippen LogP contribution in [0.3, 0.4) is 0 Å². The predicted molar refractivity (Wildman–Crippen MR) is 94.0 cm³/mol. The van der Waals surface area contributed by atoms with E-state index in [0.29, 0.717) is 10.7 Å². The van der Waals surface area contributed by atoms with Crippen LogP contribution >= 0.6 is 11.6 Å². The molecule has 0 atom stereocenters. The lowest BCUT2D eigenvalue weighted by atomic mass is 10.1. The molecule has 0 spiro atoms. The van der Waals surface area contributed by atoms with Crippen molar-refractivity contribution in [2.45, 2.75) is 20.8 Å². The molecule has 0 bridgehead atoms. The van der Waals surface area contributed by atoms with E-state index in [2.05, 4.69) is 5.32 Å². The summed E-state index contributed by atoms with van der Waals surface area (Å²) in [6, 6.07) is 12.6. The number of benzene rings is 2. The van der Waals surface area contributed by atoms with Crippen LogP contribution in [0.25, 0.3) is 0 Å². The van der Waals surface area contributed by atoms with Gasteiger partial charge in [-0.3, -0.25) is 9.59 Å².